The summed E-state index contributed by atoms with van der Waals surface area (Å²) in [6.45, 7) is 5.79. The molecule has 0 heterocycles. The van der Waals surface area contributed by atoms with Gasteiger partial charge >= 0.3 is 0 Å². The molecule has 100 valence electrons. The van der Waals surface area contributed by atoms with E-state index in [-0.39, 0.29) is 0 Å². The third-order valence-corrected chi connectivity index (χ3v) is 2.97. The summed E-state index contributed by atoms with van der Waals surface area (Å²) in [5.41, 5.74) is 3.46. The fraction of sp³-hybridized carbons (Fsp3) is 0.0526. The van der Waals surface area contributed by atoms with E-state index in [1.807, 2.05) is 24.3 Å². The number of para-hydroxylation sites is 2. The number of rotatable bonds is 5. The minimum absolute atomic E-state index is 1.15. The smallest absolute Gasteiger partial charge is 0.0458 e. The molecule has 0 amide bonds. The van der Waals surface area contributed by atoms with E-state index < -0.39 is 0 Å². The van der Waals surface area contributed by atoms with Crippen LogP contribution in [0, 0.1) is 0 Å². The van der Waals surface area contributed by atoms with Crippen molar-refractivity contribution in [2.24, 2.45) is 0 Å². The Morgan fingerprint density at radius 3 is 1.80 bits per heavy atom. The summed E-state index contributed by atoms with van der Waals surface area (Å²) in [6, 6.07) is 20.7. The van der Waals surface area contributed by atoms with E-state index >= 15 is 0 Å². The molecule has 0 fully saturated rings. The van der Waals surface area contributed by atoms with E-state index in [9.17, 15) is 0 Å². The van der Waals surface area contributed by atoms with E-state index in [1.165, 1.54) is 0 Å². The molecule has 2 aromatic carbocycles. The molecule has 0 aliphatic carbocycles. The number of hydrogen-bond acceptors (Lipinski definition) is 1. The van der Waals surface area contributed by atoms with Crippen LogP contribution in [0.5, 0.6) is 0 Å². The van der Waals surface area contributed by atoms with Gasteiger partial charge in [-0.3, -0.25) is 0 Å². The Balaban J connectivity index is 2.42. The van der Waals surface area contributed by atoms with Crippen LogP contribution in [-0.4, -0.2) is 0 Å². The van der Waals surface area contributed by atoms with E-state index in [2.05, 4.69) is 73.0 Å². The first-order chi connectivity index (χ1) is 9.83. The van der Waals surface area contributed by atoms with Crippen molar-refractivity contribution in [3.8, 4) is 0 Å². The zero-order valence-corrected chi connectivity index (χ0v) is 11.7. The van der Waals surface area contributed by atoms with E-state index in [0.717, 1.165) is 17.1 Å². The number of anilines is 2. The molecule has 0 aliphatic heterocycles. The zero-order chi connectivity index (χ0) is 14.2. The largest absolute Gasteiger partial charge is 0.315 e. The first-order valence-corrected chi connectivity index (χ1v) is 6.69. The summed E-state index contributed by atoms with van der Waals surface area (Å²) in [5.74, 6) is 0. The van der Waals surface area contributed by atoms with Gasteiger partial charge in [0.05, 0.1) is 0 Å². The van der Waals surface area contributed by atoms with Crippen LogP contribution in [0.15, 0.2) is 97.2 Å². The van der Waals surface area contributed by atoms with Gasteiger partial charge in [0, 0.05) is 17.1 Å². The van der Waals surface area contributed by atoms with Crippen molar-refractivity contribution >= 4 is 11.4 Å². The highest BCUT2D eigenvalue weighted by Gasteiger charge is 2.09. The quantitative estimate of drug-likeness (QED) is 0.645. The van der Waals surface area contributed by atoms with Gasteiger partial charge in [0.25, 0.3) is 0 Å². The van der Waals surface area contributed by atoms with Gasteiger partial charge in [0.1, 0.15) is 0 Å². The standard InChI is InChI=1S/C19H19N/c1-3-4-7-12-17(2)20(18-13-8-5-9-14-18)19-15-10-6-11-16-19/h3-16H,1H2,2H3/b7-4-,17-12+. The predicted octanol–water partition coefficient (Wildman–Crippen LogP) is 5.47. The summed E-state index contributed by atoms with van der Waals surface area (Å²) in [7, 11) is 0. The molecule has 0 spiro atoms. The second-order valence-electron chi connectivity index (χ2n) is 4.44. The first kappa shape index (κ1) is 13.9. The molecule has 2 aromatic rings. The van der Waals surface area contributed by atoms with E-state index in [0.29, 0.717) is 0 Å². The molecular formula is C19H19N. The first-order valence-electron chi connectivity index (χ1n) is 6.69. The van der Waals surface area contributed by atoms with Crippen molar-refractivity contribution in [3.63, 3.8) is 0 Å². The van der Waals surface area contributed by atoms with Gasteiger partial charge in [0.15, 0.2) is 0 Å². The predicted molar refractivity (Wildman–Crippen MR) is 88.1 cm³/mol. The molecule has 1 nitrogen and oxygen atoms in total. The SMILES string of the molecule is C=C/C=C\C=C(/C)N(c1ccccc1)c1ccccc1. The van der Waals surface area contributed by atoms with Gasteiger partial charge in [-0.25, -0.2) is 0 Å². The van der Waals surface area contributed by atoms with Gasteiger partial charge in [-0.05, 0) is 37.3 Å². The number of allylic oxidation sites excluding steroid dienone is 5. The molecule has 0 unspecified atom stereocenters. The molecule has 20 heavy (non-hydrogen) atoms. The van der Waals surface area contributed by atoms with Crippen LogP contribution in [-0.2, 0) is 0 Å². The number of benzene rings is 2. The van der Waals surface area contributed by atoms with Gasteiger partial charge in [-0.2, -0.15) is 0 Å². The Kier molecular flexibility index (Phi) is 4.96. The summed E-state index contributed by atoms with van der Waals surface area (Å²) in [6.07, 6.45) is 7.79. The maximum Gasteiger partial charge on any atom is 0.0458 e. The molecule has 0 N–H and O–H groups in total. The summed E-state index contributed by atoms with van der Waals surface area (Å²) >= 11 is 0. The maximum absolute atomic E-state index is 3.69. The lowest BCUT2D eigenvalue weighted by Gasteiger charge is -2.25. The fourth-order valence-electron chi connectivity index (χ4n) is 2.06. The van der Waals surface area contributed by atoms with E-state index in [4.69, 9.17) is 0 Å². The second-order valence-corrected chi connectivity index (χ2v) is 4.44. The lowest BCUT2D eigenvalue weighted by Crippen LogP contribution is -2.13. The number of hydrogen-bond donors (Lipinski definition) is 0. The monoisotopic (exact) mass is 261 g/mol. The molecule has 0 atom stereocenters. The lowest BCUT2D eigenvalue weighted by molar-refractivity contribution is 1.16. The highest BCUT2D eigenvalue weighted by molar-refractivity contribution is 5.68. The van der Waals surface area contributed by atoms with Crippen molar-refractivity contribution in [1.29, 1.82) is 0 Å². The van der Waals surface area contributed by atoms with E-state index in [1.54, 1.807) is 6.08 Å². The third-order valence-electron chi connectivity index (χ3n) is 2.97. The topological polar surface area (TPSA) is 3.24 Å². The average Bonchev–Trinajstić information content (AvgIpc) is 2.50. The molecule has 0 bridgehead atoms. The Hall–Kier alpha value is -2.54. The Labute approximate surface area is 121 Å². The van der Waals surface area contributed by atoms with Crippen molar-refractivity contribution in [2.45, 2.75) is 6.92 Å². The molecule has 0 radical (unpaired) electrons. The second kappa shape index (κ2) is 7.15. The van der Waals surface area contributed by atoms with Gasteiger partial charge in [-0.15, -0.1) is 0 Å². The van der Waals surface area contributed by atoms with Crippen LogP contribution in [0.4, 0.5) is 11.4 Å². The third kappa shape index (κ3) is 3.48. The average molecular weight is 261 g/mol. The highest BCUT2D eigenvalue weighted by atomic mass is 15.1. The van der Waals surface area contributed by atoms with Crippen molar-refractivity contribution in [2.75, 3.05) is 4.90 Å². The molecule has 0 saturated carbocycles. The minimum Gasteiger partial charge on any atom is -0.315 e. The minimum atomic E-state index is 1.15. The van der Waals surface area contributed by atoms with Crippen molar-refractivity contribution in [1.82, 2.24) is 0 Å². The molecule has 0 aliphatic rings. The van der Waals surface area contributed by atoms with Crippen LogP contribution in [0.2, 0.25) is 0 Å². The Morgan fingerprint density at radius 2 is 1.35 bits per heavy atom. The van der Waals surface area contributed by atoms with Gasteiger partial charge in [0.2, 0.25) is 0 Å². The van der Waals surface area contributed by atoms with Crippen LogP contribution >= 0.6 is 0 Å². The van der Waals surface area contributed by atoms with Crippen molar-refractivity contribution in [3.05, 3.63) is 97.2 Å². The van der Waals surface area contributed by atoms with Crippen LogP contribution < -0.4 is 4.90 Å². The Bertz CT molecular complexity index is 555. The van der Waals surface area contributed by atoms with Crippen LogP contribution in [0.3, 0.4) is 0 Å². The normalized spacial score (nSPS) is 11.6. The highest BCUT2D eigenvalue weighted by Crippen LogP contribution is 2.29. The molecular weight excluding hydrogens is 242 g/mol. The fourth-order valence-corrected chi connectivity index (χ4v) is 2.06. The molecule has 0 saturated heterocycles. The maximum atomic E-state index is 3.69. The number of nitrogens with zero attached hydrogens (tertiary/aromatic N) is 1. The Morgan fingerprint density at radius 1 is 0.850 bits per heavy atom. The summed E-state index contributed by atoms with van der Waals surface area (Å²) in [4.78, 5) is 2.23. The van der Waals surface area contributed by atoms with Gasteiger partial charge < -0.3 is 4.90 Å². The zero-order valence-electron chi connectivity index (χ0n) is 11.7. The lowest BCUT2D eigenvalue weighted by atomic mass is 10.2. The van der Waals surface area contributed by atoms with Gasteiger partial charge in [-0.1, -0.05) is 61.2 Å². The molecule has 0 aromatic heterocycles. The summed E-state index contributed by atoms with van der Waals surface area (Å²) in [5, 5.41) is 0. The summed E-state index contributed by atoms with van der Waals surface area (Å²) < 4.78 is 0. The molecule has 1 heteroatoms. The van der Waals surface area contributed by atoms with Crippen LogP contribution in [0.1, 0.15) is 6.92 Å². The van der Waals surface area contributed by atoms with Crippen LogP contribution in [0.25, 0.3) is 0 Å². The molecule has 2 rings (SSSR count). The van der Waals surface area contributed by atoms with Crippen molar-refractivity contribution < 1.29 is 0 Å².